The van der Waals surface area contributed by atoms with Crippen molar-refractivity contribution >= 4 is 16.9 Å². The highest BCUT2D eigenvalue weighted by Crippen LogP contribution is 2.23. The van der Waals surface area contributed by atoms with Gasteiger partial charge in [-0.25, -0.2) is 4.79 Å². The maximum Gasteiger partial charge on any atom is 0.326 e. The number of nitrogen functional groups attached to an aromatic ring is 1. The first-order chi connectivity index (χ1) is 17.1. The summed E-state index contributed by atoms with van der Waals surface area (Å²) >= 11 is 0. The summed E-state index contributed by atoms with van der Waals surface area (Å²) in [5, 5.41) is 0. The molecule has 182 valence electrons. The van der Waals surface area contributed by atoms with Gasteiger partial charge in [-0.15, -0.1) is 0 Å². The molecule has 0 atom stereocenters. The van der Waals surface area contributed by atoms with Gasteiger partial charge >= 0.3 is 5.69 Å². The van der Waals surface area contributed by atoms with Crippen molar-refractivity contribution in [3.63, 3.8) is 0 Å². The molecule has 3 aromatic heterocycles. The zero-order valence-corrected chi connectivity index (χ0v) is 20.2. The van der Waals surface area contributed by atoms with Crippen LogP contribution in [0.15, 0.2) is 53.5 Å². The summed E-state index contributed by atoms with van der Waals surface area (Å²) in [6.45, 7) is 6.44. The number of likely N-dealkylation sites (tertiary alicyclic amines) is 1. The summed E-state index contributed by atoms with van der Waals surface area (Å²) in [5.74, 6) is 0.685. The highest BCUT2D eigenvalue weighted by atomic mass is 16.5. The number of aromatic nitrogens is 4. The third-order valence-corrected chi connectivity index (χ3v) is 6.54. The van der Waals surface area contributed by atoms with Crippen molar-refractivity contribution in [2.75, 3.05) is 25.4 Å². The summed E-state index contributed by atoms with van der Waals surface area (Å²) in [7, 11) is 0. The van der Waals surface area contributed by atoms with Crippen LogP contribution in [0.5, 0.6) is 5.88 Å². The molecule has 0 saturated carbocycles. The third kappa shape index (κ3) is 5.22. The third-order valence-electron chi connectivity index (χ3n) is 6.54. The summed E-state index contributed by atoms with van der Waals surface area (Å²) in [6.07, 6.45) is 6.38. The Morgan fingerprint density at radius 2 is 1.83 bits per heavy atom. The number of H-pyrrole nitrogens is 1. The minimum absolute atomic E-state index is 0.239. The number of hydrogen-bond donors (Lipinski definition) is 2. The van der Waals surface area contributed by atoms with Crippen molar-refractivity contribution in [1.29, 1.82) is 0 Å². The number of nitrogens with two attached hydrogens (primary N) is 1. The Hall–Kier alpha value is -3.65. The number of rotatable bonds is 9. The van der Waals surface area contributed by atoms with Crippen LogP contribution in [0, 0.1) is 0 Å². The van der Waals surface area contributed by atoms with E-state index in [4.69, 9.17) is 10.5 Å². The van der Waals surface area contributed by atoms with Crippen LogP contribution in [0.1, 0.15) is 43.7 Å². The number of fused-ring (bicyclic) bond motifs is 1. The fourth-order valence-electron chi connectivity index (χ4n) is 4.56. The van der Waals surface area contributed by atoms with Crippen LogP contribution in [0.4, 0.5) is 5.82 Å². The molecule has 1 aromatic carbocycles. The SMILES string of the molecule is CCCCOc1cc2c([nH]c(=O)n2Cc2ccc(-c3ccc(CN4CCCC4)cc3)nc2)c(N)n1. The van der Waals surface area contributed by atoms with Gasteiger partial charge in [-0.2, -0.15) is 4.98 Å². The van der Waals surface area contributed by atoms with Crippen molar-refractivity contribution in [3.8, 4) is 17.1 Å². The Morgan fingerprint density at radius 1 is 1.06 bits per heavy atom. The van der Waals surface area contributed by atoms with E-state index in [2.05, 4.69) is 51.0 Å². The Bertz CT molecular complexity index is 1340. The Balaban J connectivity index is 1.32. The Labute approximate surface area is 204 Å². The van der Waals surface area contributed by atoms with Gasteiger partial charge in [0.2, 0.25) is 5.88 Å². The van der Waals surface area contributed by atoms with Crippen LogP contribution >= 0.6 is 0 Å². The first-order valence-corrected chi connectivity index (χ1v) is 12.4. The molecule has 8 heteroatoms. The molecule has 3 N–H and O–H groups in total. The maximum atomic E-state index is 12.7. The lowest BCUT2D eigenvalue weighted by Crippen LogP contribution is -2.18. The number of imidazole rings is 1. The summed E-state index contributed by atoms with van der Waals surface area (Å²) in [5.41, 5.74) is 11.3. The summed E-state index contributed by atoms with van der Waals surface area (Å²) in [4.78, 5) is 26.9. The zero-order valence-electron chi connectivity index (χ0n) is 20.2. The molecule has 1 aliphatic heterocycles. The minimum Gasteiger partial charge on any atom is -0.478 e. The molecule has 1 saturated heterocycles. The average Bonchev–Trinajstić information content (AvgIpc) is 3.49. The summed E-state index contributed by atoms with van der Waals surface area (Å²) < 4.78 is 7.37. The standard InChI is InChI=1S/C27H32N6O2/c1-2-3-14-35-24-15-23-25(26(28)30-24)31-27(34)33(23)18-20-8-11-22(29-16-20)21-9-6-19(7-10-21)17-32-12-4-5-13-32/h6-11,15-16H,2-5,12-14,17-18H2,1H3,(H2,28,30)(H,31,34). The molecule has 1 fully saturated rings. The van der Waals surface area contributed by atoms with Crippen molar-refractivity contribution in [2.24, 2.45) is 0 Å². The lowest BCUT2D eigenvalue weighted by molar-refractivity contribution is 0.298. The molecule has 35 heavy (non-hydrogen) atoms. The second kappa shape index (κ2) is 10.3. The molecule has 0 aliphatic carbocycles. The molecule has 4 heterocycles. The molecule has 1 aliphatic rings. The molecule has 0 unspecified atom stereocenters. The molecule has 0 amide bonds. The number of hydrogen-bond acceptors (Lipinski definition) is 6. The van der Waals surface area contributed by atoms with Gasteiger partial charge in [-0.3, -0.25) is 14.5 Å². The van der Waals surface area contributed by atoms with Gasteiger partial charge in [0.25, 0.3) is 0 Å². The Morgan fingerprint density at radius 3 is 2.54 bits per heavy atom. The van der Waals surface area contributed by atoms with E-state index in [1.807, 2.05) is 18.3 Å². The molecule has 0 spiro atoms. The van der Waals surface area contributed by atoms with Gasteiger partial charge < -0.3 is 15.5 Å². The van der Waals surface area contributed by atoms with E-state index in [9.17, 15) is 4.79 Å². The van der Waals surface area contributed by atoms with E-state index in [-0.39, 0.29) is 11.5 Å². The molecule has 0 radical (unpaired) electrons. The van der Waals surface area contributed by atoms with Gasteiger partial charge in [-0.05, 0) is 49.5 Å². The fourth-order valence-corrected chi connectivity index (χ4v) is 4.56. The average molecular weight is 473 g/mol. The number of unbranched alkanes of at least 4 members (excludes halogenated alkanes) is 1. The van der Waals surface area contributed by atoms with Gasteiger partial charge in [0.05, 0.1) is 24.4 Å². The second-order valence-corrected chi connectivity index (χ2v) is 9.19. The van der Waals surface area contributed by atoms with Gasteiger partial charge in [0, 0.05) is 24.4 Å². The number of anilines is 1. The van der Waals surface area contributed by atoms with Crippen molar-refractivity contribution in [3.05, 3.63) is 70.3 Å². The topological polar surface area (TPSA) is 102 Å². The predicted octanol–water partition coefficient (Wildman–Crippen LogP) is 4.19. The molecular formula is C27H32N6O2. The van der Waals surface area contributed by atoms with E-state index in [0.29, 0.717) is 30.1 Å². The number of nitrogens with one attached hydrogen (secondary N) is 1. The molecule has 5 rings (SSSR count). The quantitative estimate of drug-likeness (QED) is 0.354. The molecule has 8 nitrogen and oxygen atoms in total. The largest absolute Gasteiger partial charge is 0.478 e. The first-order valence-electron chi connectivity index (χ1n) is 12.4. The van der Waals surface area contributed by atoms with Crippen LogP contribution in [-0.2, 0) is 13.1 Å². The minimum atomic E-state index is -0.239. The molecule has 4 aromatic rings. The Kier molecular flexibility index (Phi) is 6.81. The normalized spacial score (nSPS) is 14.1. The van der Waals surface area contributed by atoms with E-state index in [1.54, 1.807) is 10.6 Å². The smallest absolute Gasteiger partial charge is 0.326 e. The fraction of sp³-hybridized carbons (Fsp3) is 0.370. The molecular weight excluding hydrogens is 440 g/mol. The van der Waals surface area contributed by atoms with E-state index in [0.717, 1.165) is 36.2 Å². The second-order valence-electron chi connectivity index (χ2n) is 9.19. The lowest BCUT2D eigenvalue weighted by atomic mass is 10.1. The van der Waals surface area contributed by atoms with E-state index >= 15 is 0 Å². The predicted molar refractivity (Wildman–Crippen MR) is 138 cm³/mol. The monoisotopic (exact) mass is 472 g/mol. The maximum absolute atomic E-state index is 12.7. The van der Waals surface area contributed by atoms with Gasteiger partial charge in [0.1, 0.15) is 5.52 Å². The zero-order chi connectivity index (χ0) is 24.2. The van der Waals surface area contributed by atoms with Crippen LogP contribution in [-0.4, -0.2) is 44.1 Å². The number of nitrogens with zero attached hydrogens (tertiary/aromatic N) is 4. The van der Waals surface area contributed by atoms with Crippen molar-refractivity contribution in [1.82, 2.24) is 24.4 Å². The number of pyridine rings is 2. The van der Waals surface area contributed by atoms with Crippen molar-refractivity contribution in [2.45, 2.75) is 45.7 Å². The van der Waals surface area contributed by atoms with Crippen LogP contribution in [0.2, 0.25) is 0 Å². The molecule has 0 bridgehead atoms. The first kappa shape index (κ1) is 23.1. The number of aromatic amines is 1. The highest BCUT2D eigenvalue weighted by Gasteiger charge is 2.14. The van der Waals surface area contributed by atoms with Gasteiger partial charge in [-0.1, -0.05) is 43.7 Å². The van der Waals surface area contributed by atoms with Crippen molar-refractivity contribution < 1.29 is 4.74 Å². The van der Waals surface area contributed by atoms with Crippen LogP contribution in [0.25, 0.3) is 22.3 Å². The van der Waals surface area contributed by atoms with E-state index in [1.165, 1.54) is 31.5 Å². The highest BCUT2D eigenvalue weighted by molar-refractivity contribution is 5.85. The van der Waals surface area contributed by atoms with Crippen LogP contribution < -0.4 is 16.2 Å². The van der Waals surface area contributed by atoms with E-state index < -0.39 is 0 Å². The lowest BCUT2D eigenvalue weighted by Gasteiger charge is -2.14. The number of ether oxygens (including phenoxy) is 1. The van der Waals surface area contributed by atoms with Gasteiger partial charge in [0.15, 0.2) is 5.82 Å². The number of benzene rings is 1. The summed E-state index contributed by atoms with van der Waals surface area (Å²) in [6, 6.07) is 14.4. The van der Waals surface area contributed by atoms with Crippen LogP contribution in [0.3, 0.4) is 0 Å².